The Bertz CT molecular complexity index is 511. The largest absolute Gasteiger partial charge is 0.522 e. The summed E-state index contributed by atoms with van der Waals surface area (Å²) in [6.45, 7) is -0.232. The predicted octanol–water partition coefficient (Wildman–Crippen LogP) is 5.54. The quantitative estimate of drug-likeness (QED) is 0.643. The summed E-state index contributed by atoms with van der Waals surface area (Å²) in [6.07, 6.45) is 2.25. The Kier molecular flexibility index (Phi) is 6.47. The molecule has 126 valence electrons. The summed E-state index contributed by atoms with van der Waals surface area (Å²) >= 11 is 0. The summed E-state index contributed by atoms with van der Waals surface area (Å²) in [7, 11) is 0. The molecule has 1 aliphatic carbocycles. The fraction of sp³-hybridized carbons (Fsp3) is 0.611. The molecule has 0 amide bonds. The van der Waals surface area contributed by atoms with Gasteiger partial charge in [-0.25, -0.2) is 0 Å². The van der Waals surface area contributed by atoms with Crippen molar-refractivity contribution in [2.75, 3.05) is 6.61 Å². The second-order valence-electron chi connectivity index (χ2n) is 6.24. The zero-order valence-electron chi connectivity index (χ0n) is 13.1. The highest BCUT2D eigenvalue weighted by atomic mass is 19.4. The maximum absolute atomic E-state index is 11.8. The van der Waals surface area contributed by atoms with Crippen molar-refractivity contribution in [3.8, 4) is 6.07 Å². The smallest absolute Gasteiger partial charge is 0.292 e. The first-order valence-electron chi connectivity index (χ1n) is 8.18. The molecule has 0 unspecified atom stereocenters. The van der Waals surface area contributed by atoms with Gasteiger partial charge in [-0.05, 0) is 61.6 Å². The maximum atomic E-state index is 11.8. The van der Waals surface area contributed by atoms with Crippen molar-refractivity contribution in [2.45, 2.75) is 57.2 Å². The van der Waals surface area contributed by atoms with Crippen molar-refractivity contribution in [1.29, 1.82) is 5.26 Å². The van der Waals surface area contributed by atoms with Gasteiger partial charge in [-0.3, -0.25) is 4.74 Å². The number of alkyl halides is 3. The Labute approximate surface area is 135 Å². The zero-order chi connectivity index (χ0) is 16.7. The molecule has 1 aromatic rings. The lowest BCUT2D eigenvalue weighted by Crippen LogP contribution is -2.15. The number of hydrogen-bond acceptors (Lipinski definition) is 2. The van der Waals surface area contributed by atoms with Gasteiger partial charge in [0.05, 0.1) is 18.2 Å². The zero-order valence-corrected chi connectivity index (χ0v) is 13.1. The van der Waals surface area contributed by atoms with Crippen LogP contribution in [0.4, 0.5) is 13.2 Å². The summed E-state index contributed by atoms with van der Waals surface area (Å²) in [5.41, 5.74) is 1.98. The maximum Gasteiger partial charge on any atom is 0.522 e. The lowest BCUT2D eigenvalue weighted by atomic mass is 9.77. The normalized spacial score (nSPS) is 21.8. The molecule has 0 N–H and O–H groups in total. The van der Waals surface area contributed by atoms with Gasteiger partial charge in [0.2, 0.25) is 0 Å². The molecule has 0 atom stereocenters. The van der Waals surface area contributed by atoms with Gasteiger partial charge in [0.15, 0.2) is 0 Å². The molecule has 1 saturated carbocycles. The molecule has 0 saturated heterocycles. The molecule has 1 fully saturated rings. The van der Waals surface area contributed by atoms with E-state index in [0.717, 1.165) is 38.5 Å². The van der Waals surface area contributed by atoms with Gasteiger partial charge < -0.3 is 0 Å². The predicted molar refractivity (Wildman–Crippen MR) is 81.7 cm³/mol. The Morgan fingerprint density at radius 3 is 2.26 bits per heavy atom. The molecule has 23 heavy (non-hydrogen) atoms. The van der Waals surface area contributed by atoms with Gasteiger partial charge in [0, 0.05) is 0 Å². The van der Waals surface area contributed by atoms with Crippen LogP contribution in [0.2, 0.25) is 0 Å². The number of nitrogens with zero attached hydrogens (tertiary/aromatic N) is 1. The SMILES string of the molecule is N#Cc1ccc(C2CCC(CCCCOC(F)(F)F)CC2)cc1. The molecule has 0 bridgehead atoms. The average molecular weight is 325 g/mol. The lowest BCUT2D eigenvalue weighted by Gasteiger charge is -2.29. The van der Waals surface area contributed by atoms with E-state index in [1.54, 1.807) is 0 Å². The monoisotopic (exact) mass is 325 g/mol. The molecule has 2 rings (SSSR count). The van der Waals surface area contributed by atoms with E-state index in [2.05, 4.69) is 10.8 Å². The highest BCUT2D eigenvalue weighted by Gasteiger charge is 2.28. The van der Waals surface area contributed by atoms with Crippen molar-refractivity contribution in [2.24, 2.45) is 5.92 Å². The molecule has 5 heteroatoms. The van der Waals surface area contributed by atoms with Gasteiger partial charge >= 0.3 is 6.36 Å². The second-order valence-corrected chi connectivity index (χ2v) is 6.24. The Morgan fingerprint density at radius 1 is 1.04 bits per heavy atom. The van der Waals surface area contributed by atoms with Crippen LogP contribution in [0.5, 0.6) is 0 Å². The minimum atomic E-state index is -4.50. The van der Waals surface area contributed by atoms with E-state index in [1.807, 2.05) is 24.3 Å². The summed E-state index contributed by atoms with van der Waals surface area (Å²) in [6, 6.07) is 9.93. The molecule has 2 nitrogen and oxygen atoms in total. The van der Waals surface area contributed by atoms with Crippen LogP contribution in [0.25, 0.3) is 0 Å². The number of benzene rings is 1. The Morgan fingerprint density at radius 2 is 1.70 bits per heavy atom. The number of nitriles is 1. The van der Waals surface area contributed by atoms with Crippen molar-refractivity contribution in [3.05, 3.63) is 35.4 Å². The van der Waals surface area contributed by atoms with Crippen molar-refractivity contribution in [3.63, 3.8) is 0 Å². The van der Waals surface area contributed by atoms with Gasteiger partial charge in [-0.2, -0.15) is 5.26 Å². The Hall–Kier alpha value is -1.54. The molecule has 0 radical (unpaired) electrons. The highest BCUT2D eigenvalue weighted by Crippen LogP contribution is 2.37. The Balaban J connectivity index is 1.65. The molecule has 0 aromatic heterocycles. The van der Waals surface area contributed by atoms with E-state index in [4.69, 9.17) is 5.26 Å². The number of halogens is 3. The number of ether oxygens (including phenoxy) is 1. The highest BCUT2D eigenvalue weighted by molar-refractivity contribution is 5.33. The number of hydrogen-bond donors (Lipinski definition) is 0. The van der Waals surface area contributed by atoms with Gasteiger partial charge in [-0.1, -0.05) is 25.0 Å². The van der Waals surface area contributed by atoms with Crippen molar-refractivity contribution < 1.29 is 17.9 Å². The first-order valence-corrected chi connectivity index (χ1v) is 8.18. The number of rotatable bonds is 6. The molecule has 1 aliphatic rings. The minimum absolute atomic E-state index is 0.232. The van der Waals surface area contributed by atoms with Crippen LogP contribution in [-0.4, -0.2) is 13.0 Å². The molecular weight excluding hydrogens is 303 g/mol. The van der Waals surface area contributed by atoms with Crippen LogP contribution < -0.4 is 0 Å². The third kappa shape index (κ3) is 6.23. The summed E-state index contributed by atoms with van der Waals surface area (Å²) in [5.74, 6) is 1.17. The third-order valence-corrected chi connectivity index (χ3v) is 4.63. The first kappa shape index (κ1) is 17.8. The summed E-state index contributed by atoms with van der Waals surface area (Å²) in [4.78, 5) is 0. The van der Waals surface area contributed by atoms with Crippen molar-refractivity contribution >= 4 is 0 Å². The molecule has 1 aromatic carbocycles. The second kappa shape index (κ2) is 8.35. The van der Waals surface area contributed by atoms with Gasteiger partial charge in [0.1, 0.15) is 0 Å². The van der Waals surface area contributed by atoms with Crippen LogP contribution in [-0.2, 0) is 4.74 Å². The van der Waals surface area contributed by atoms with E-state index in [1.165, 1.54) is 5.56 Å². The van der Waals surface area contributed by atoms with E-state index in [0.29, 0.717) is 23.8 Å². The van der Waals surface area contributed by atoms with Crippen LogP contribution in [0.3, 0.4) is 0 Å². The van der Waals surface area contributed by atoms with Gasteiger partial charge in [0.25, 0.3) is 0 Å². The topological polar surface area (TPSA) is 33.0 Å². The van der Waals surface area contributed by atoms with Crippen molar-refractivity contribution in [1.82, 2.24) is 0 Å². The minimum Gasteiger partial charge on any atom is -0.292 e. The third-order valence-electron chi connectivity index (χ3n) is 4.63. The van der Waals surface area contributed by atoms with E-state index < -0.39 is 6.36 Å². The van der Waals surface area contributed by atoms with Crippen LogP contribution in [0.1, 0.15) is 62.0 Å². The van der Waals surface area contributed by atoms with Crippen LogP contribution >= 0.6 is 0 Å². The summed E-state index contributed by atoms with van der Waals surface area (Å²) in [5, 5.41) is 8.82. The fourth-order valence-electron chi connectivity index (χ4n) is 3.34. The summed E-state index contributed by atoms with van der Waals surface area (Å²) < 4.78 is 39.3. The van der Waals surface area contributed by atoms with E-state index in [9.17, 15) is 13.2 Å². The molecular formula is C18H22F3NO. The standard InChI is InChI=1S/C18H22F3NO/c19-18(20,21)23-12-2-1-3-14-4-8-16(9-5-14)17-10-6-15(13-22)7-11-17/h6-7,10-11,14,16H,1-5,8-9,12H2. The van der Waals surface area contributed by atoms with Crippen LogP contribution in [0, 0.1) is 17.2 Å². The molecule has 0 heterocycles. The molecule has 0 spiro atoms. The fourth-order valence-corrected chi connectivity index (χ4v) is 3.34. The first-order chi connectivity index (χ1) is 11.0. The van der Waals surface area contributed by atoms with E-state index in [-0.39, 0.29) is 6.61 Å². The van der Waals surface area contributed by atoms with Gasteiger partial charge in [-0.15, -0.1) is 13.2 Å². The molecule has 0 aliphatic heterocycles. The van der Waals surface area contributed by atoms with E-state index >= 15 is 0 Å². The number of unbranched alkanes of at least 4 members (excludes halogenated alkanes) is 1. The van der Waals surface area contributed by atoms with Crippen LogP contribution in [0.15, 0.2) is 24.3 Å². The lowest BCUT2D eigenvalue weighted by molar-refractivity contribution is -0.324. The average Bonchev–Trinajstić information content (AvgIpc) is 2.54.